The number of pyridine rings is 1. The molecule has 1 amide bonds. The number of nitrogens with zero attached hydrogens (tertiary/aromatic N) is 7. The lowest BCUT2D eigenvalue weighted by Gasteiger charge is -2.18. The molecule has 1 aliphatic heterocycles. The van der Waals surface area contributed by atoms with Crippen molar-refractivity contribution >= 4 is 22.6 Å². The van der Waals surface area contributed by atoms with Gasteiger partial charge < -0.3 is 9.47 Å². The molecule has 1 saturated heterocycles. The van der Waals surface area contributed by atoms with Gasteiger partial charge in [0.05, 0.1) is 17.6 Å². The summed E-state index contributed by atoms with van der Waals surface area (Å²) < 4.78 is 5.20. The van der Waals surface area contributed by atoms with Crippen LogP contribution in [-0.4, -0.2) is 52.8 Å². The van der Waals surface area contributed by atoms with E-state index in [0.717, 1.165) is 12.8 Å². The van der Waals surface area contributed by atoms with Gasteiger partial charge in [0.2, 0.25) is 0 Å². The van der Waals surface area contributed by atoms with E-state index in [-0.39, 0.29) is 17.5 Å². The molecule has 0 spiro atoms. The predicted octanol–water partition coefficient (Wildman–Crippen LogP) is 1.74. The van der Waals surface area contributed by atoms with Gasteiger partial charge in [0.1, 0.15) is 17.0 Å². The van der Waals surface area contributed by atoms with E-state index >= 15 is 0 Å². The standard InChI is InChI=1S/C20H21N7O2/c1-2-8-25-16(20(29)24-10-6-14(13-24)27-11-7-21-23-27)12-15-18(25)22-17-5-3-4-9-26(17)19(15)28/h3-5,7,9,11-12,14H,2,6,8,10,13H2,1H3. The number of aromatic nitrogens is 6. The Labute approximate surface area is 166 Å². The second-order valence-electron chi connectivity index (χ2n) is 7.34. The quantitative estimate of drug-likeness (QED) is 0.529. The fourth-order valence-corrected chi connectivity index (χ4v) is 4.10. The van der Waals surface area contributed by atoms with E-state index in [9.17, 15) is 9.59 Å². The molecule has 1 fully saturated rings. The highest BCUT2D eigenvalue weighted by Crippen LogP contribution is 2.24. The van der Waals surface area contributed by atoms with Crippen molar-refractivity contribution in [1.82, 2.24) is 33.8 Å². The molecule has 4 aromatic rings. The Morgan fingerprint density at radius 1 is 1.28 bits per heavy atom. The van der Waals surface area contributed by atoms with Crippen molar-refractivity contribution in [2.75, 3.05) is 13.1 Å². The Morgan fingerprint density at radius 2 is 2.17 bits per heavy atom. The van der Waals surface area contributed by atoms with Gasteiger partial charge in [-0.25, -0.2) is 9.67 Å². The molecule has 0 saturated carbocycles. The number of aryl methyl sites for hydroxylation is 1. The van der Waals surface area contributed by atoms with Crippen molar-refractivity contribution < 1.29 is 4.79 Å². The monoisotopic (exact) mass is 391 g/mol. The van der Waals surface area contributed by atoms with Crippen LogP contribution in [0.5, 0.6) is 0 Å². The van der Waals surface area contributed by atoms with Crippen LogP contribution in [-0.2, 0) is 6.54 Å². The van der Waals surface area contributed by atoms with Crippen molar-refractivity contribution in [3.8, 4) is 0 Å². The summed E-state index contributed by atoms with van der Waals surface area (Å²) in [6.45, 7) is 3.89. The number of amides is 1. The van der Waals surface area contributed by atoms with Crippen LogP contribution in [0, 0.1) is 0 Å². The first-order chi connectivity index (χ1) is 14.2. The minimum absolute atomic E-state index is 0.0764. The Balaban J connectivity index is 1.58. The molecule has 1 unspecified atom stereocenters. The van der Waals surface area contributed by atoms with Crippen LogP contribution in [0.2, 0.25) is 0 Å². The van der Waals surface area contributed by atoms with Gasteiger partial charge in [0.25, 0.3) is 11.5 Å². The van der Waals surface area contributed by atoms with E-state index in [2.05, 4.69) is 15.3 Å². The Kier molecular flexibility index (Phi) is 4.15. The maximum atomic E-state index is 13.4. The van der Waals surface area contributed by atoms with Gasteiger partial charge in [-0.1, -0.05) is 18.2 Å². The predicted molar refractivity (Wildman–Crippen MR) is 107 cm³/mol. The number of fused-ring (bicyclic) bond motifs is 2. The molecule has 9 heteroatoms. The fraction of sp³-hybridized carbons (Fsp3) is 0.350. The maximum absolute atomic E-state index is 13.4. The maximum Gasteiger partial charge on any atom is 0.270 e. The summed E-state index contributed by atoms with van der Waals surface area (Å²) in [4.78, 5) is 32.8. The first kappa shape index (κ1) is 17.6. The summed E-state index contributed by atoms with van der Waals surface area (Å²) in [5, 5.41) is 8.39. The van der Waals surface area contributed by atoms with Crippen LogP contribution in [0.15, 0.2) is 47.7 Å². The molecular formula is C20H21N7O2. The molecule has 9 nitrogen and oxygen atoms in total. The number of likely N-dealkylation sites (tertiary alicyclic amines) is 1. The Bertz CT molecular complexity index is 1260. The van der Waals surface area contributed by atoms with Crippen LogP contribution < -0.4 is 5.56 Å². The smallest absolute Gasteiger partial charge is 0.270 e. The highest BCUT2D eigenvalue weighted by atomic mass is 16.2. The van der Waals surface area contributed by atoms with E-state index in [4.69, 9.17) is 0 Å². The number of hydrogen-bond donors (Lipinski definition) is 0. The summed E-state index contributed by atoms with van der Waals surface area (Å²) in [6.07, 6.45) is 6.83. The van der Waals surface area contributed by atoms with Gasteiger partial charge in [0.15, 0.2) is 0 Å². The van der Waals surface area contributed by atoms with Crippen LogP contribution >= 0.6 is 0 Å². The van der Waals surface area contributed by atoms with E-state index in [1.54, 1.807) is 35.3 Å². The summed E-state index contributed by atoms with van der Waals surface area (Å²) in [7, 11) is 0. The molecule has 0 aliphatic carbocycles. The van der Waals surface area contributed by atoms with Crippen molar-refractivity contribution in [3.05, 3.63) is 58.9 Å². The second kappa shape index (κ2) is 6.84. The van der Waals surface area contributed by atoms with Gasteiger partial charge in [-0.15, -0.1) is 5.10 Å². The molecule has 5 heterocycles. The molecular weight excluding hydrogens is 370 g/mol. The SMILES string of the molecule is CCCn1c(C(=O)N2CCC(n3ccnn3)C2)cc2c(=O)n3ccccc3nc21. The van der Waals surface area contributed by atoms with Crippen LogP contribution in [0.3, 0.4) is 0 Å². The van der Waals surface area contributed by atoms with Gasteiger partial charge in [-0.3, -0.25) is 14.0 Å². The third-order valence-corrected chi connectivity index (χ3v) is 5.51. The fourth-order valence-electron chi connectivity index (χ4n) is 4.10. The first-order valence-corrected chi connectivity index (χ1v) is 9.83. The zero-order chi connectivity index (χ0) is 20.0. The van der Waals surface area contributed by atoms with Crippen molar-refractivity contribution in [3.63, 3.8) is 0 Å². The van der Waals surface area contributed by atoms with Gasteiger partial charge in [-0.05, 0) is 31.0 Å². The molecule has 4 aromatic heterocycles. The van der Waals surface area contributed by atoms with Crippen molar-refractivity contribution in [2.45, 2.75) is 32.4 Å². The third-order valence-electron chi connectivity index (χ3n) is 5.51. The first-order valence-electron chi connectivity index (χ1n) is 9.83. The normalized spacial score (nSPS) is 16.9. The van der Waals surface area contributed by atoms with E-state index in [0.29, 0.717) is 42.0 Å². The molecule has 29 heavy (non-hydrogen) atoms. The number of carbonyl (C=O) groups is 1. The van der Waals surface area contributed by atoms with Crippen molar-refractivity contribution in [1.29, 1.82) is 0 Å². The topological polar surface area (TPSA) is 90.3 Å². The lowest BCUT2D eigenvalue weighted by atomic mass is 10.3. The Hall–Kier alpha value is -3.49. The largest absolute Gasteiger partial charge is 0.335 e. The molecule has 1 atom stereocenters. The lowest BCUT2D eigenvalue weighted by Crippen LogP contribution is -2.31. The molecule has 0 aromatic carbocycles. The van der Waals surface area contributed by atoms with Gasteiger partial charge in [0, 0.05) is 32.0 Å². The summed E-state index contributed by atoms with van der Waals surface area (Å²) in [6, 6.07) is 7.27. The van der Waals surface area contributed by atoms with E-state index < -0.39 is 0 Å². The molecule has 0 radical (unpaired) electrons. The number of carbonyl (C=O) groups excluding carboxylic acids is 1. The highest BCUT2D eigenvalue weighted by molar-refractivity contribution is 5.98. The molecule has 5 rings (SSSR count). The summed E-state index contributed by atoms with van der Waals surface area (Å²) >= 11 is 0. The molecule has 148 valence electrons. The van der Waals surface area contributed by atoms with Crippen LogP contribution in [0.25, 0.3) is 16.7 Å². The summed E-state index contributed by atoms with van der Waals surface area (Å²) in [5.41, 5.74) is 1.50. The summed E-state index contributed by atoms with van der Waals surface area (Å²) in [5.74, 6) is -0.0764. The lowest BCUT2D eigenvalue weighted by molar-refractivity contribution is 0.0776. The van der Waals surface area contributed by atoms with Gasteiger partial charge >= 0.3 is 0 Å². The number of hydrogen-bond acceptors (Lipinski definition) is 5. The average Bonchev–Trinajstić information content (AvgIpc) is 3.48. The molecule has 0 N–H and O–H groups in total. The molecule has 1 aliphatic rings. The van der Waals surface area contributed by atoms with Gasteiger partial charge in [-0.2, -0.15) is 0 Å². The second-order valence-corrected chi connectivity index (χ2v) is 7.34. The zero-order valence-corrected chi connectivity index (χ0v) is 16.1. The third kappa shape index (κ3) is 2.81. The molecule has 0 bridgehead atoms. The van der Waals surface area contributed by atoms with Crippen molar-refractivity contribution in [2.24, 2.45) is 0 Å². The Morgan fingerprint density at radius 3 is 2.97 bits per heavy atom. The minimum Gasteiger partial charge on any atom is -0.335 e. The van der Waals surface area contributed by atoms with E-state index in [1.165, 1.54) is 4.40 Å². The van der Waals surface area contributed by atoms with Crippen LogP contribution in [0.1, 0.15) is 36.3 Å². The highest BCUT2D eigenvalue weighted by Gasteiger charge is 2.31. The minimum atomic E-state index is -0.156. The average molecular weight is 391 g/mol. The number of rotatable bonds is 4. The van der Waals surface area contributed by atoms with Crippen LogP contribution in [0.4, 0.5) is 0 Å². The zero-order valence-electron chi connectivity index (χ0n) is 16.1. The van der Waals surface area contributed by atoms with E-state index in [1.807, 2.05) is 28.7 Å².